The SMILES string of the molecule is CCOC(=O)CN(N)/C(CO)=C(\N)CO. The van der Waals surface area contributed by atoms with E-state index in [1.807, 2.05) is 0 Å². The van der Waals surface area contributed by atoms with Crippen LogP contribution in [0.3, 0.4) is 0 Å². The molecule has 0 radical (unpaired) electrons. The Bertz CT molecular complexity index is 242. The van der Waals surface area contributed by atoms with Gasteiger partial charge in [-0.1, -0.05) is 0 Å². The Balaban J connectivity index is 4.41. The number of carbonyl (C=O) groups is 1. The molecule has 0 fully saturated rings. The van der Waals surface area contributed by atoms with E-state index in [9.17, 15) is 4.79 Å². The van der Waals surface area contributed by atoms with Crippen LogP contribution >= 0.6 is 0 Å². The van der Waals surface area contributed by atoms with Gasteiger partial charge in [-0.3, -0.25) is 9.80 Å². The third-order valence-corrected chi connectivity index (χ3v) is 1.64. The van der Waals surface area contributed by atoms with Crippen LogP contribution in [-0.2, 0) is 9.53 Å². The van der Waals surface area contributed by atoms with Crippen molar-refractivity contribution in [2.75, 3.05) is 26.4 Å². The average molecular weight is 219 g/mol. The predicted octanol–water partition coefficient (Wildman–Crippen LogP) is -2.12. The molecule has 0 spiro atoms. The second kappa shape index (κ2) is 7.04. The second-order valence-electron chi connectivity index (χ2n) is 2.72. The largest absolute Gasteiger partial charge is 0.465 e. The van der Waals surface area contributed by atoms with Gasteiger partial charge >= 0.3 is 5.97 Å². The van der Waals surface area contributed by atoms with Crippen molar-refractivity contribution in [2.45, 2.75) is 6.92 Å². The summed E-state index contributed by atoms with van der Waals surface area (Å²) in [7, 11) is 0. The zero-order chi connectivity index (χ0) is 11.8. The van der Waals surface area contributed by atoms with E-state index in [0.717, 1.165) is 5.01 Å². The van der Waals surface area contributed by atoms with E-state index < -0.39 is 19.2 Å². The summed E-state index contributed by atoms with van der Waals surface area (Å²) < 4.78 is 4.65. The normalized spacial score (nSPS) is 12.0. The highest BCUT2D eigenvalue weighted by Crippen LogP contribution is 2.01. The van der Waals surface area contributed by atoms with E-state index in [2.05, 4.69) is 4.74 Å². The molecule has 0 heterocycles. The molecule has 0 bridgehead atoms. The van der Waals surface area contributed by atoms with Crippen LogP contribution in [0.5, 0.6) is 0 Å². The number of nitrogens with zero attached hydrogens (tertiary/aromatic N) is 1. The van der Waals surface area contributed by atoms with E-state index in [0.29, 0.717) is 0 Å². The first-order valence-electron chi connectivity index (χ1n) is 4.43. The van der Waals surface area contributed by atoms with Gasteiger partial charge in [-0.2, -0.15) is 0 Å². The maximum atomic E-state index is 11.0. The number of aliphatic hydroxyl groups is 2. The molecule has 0 rings (SSSR count). The first-order chi connectivity index (χ1) is 7.06. The minimum atomic E-state index is -0.531. The van der Waals surface area contributed by atoms with E-state index in [1.54, 1.807) is 6.92 Å². The Morgan fingerprint density at radius 1 is 1.40 bits per heavy atom. The standard InChI is InChI=1S/C8H17N3O4/c1-2-15-8(14)3-11(10)7(5-13)6(9)4-12/h12-13H,2-5,9-10H2,1H3/b7-6-. The highest BCUT2D eigenvalue weighted by Gasteiger charge is 2.13. The van der Waals surface area contributed by atoms with Gasteiger partial charge in [0, 0.05) is 0 Å². The molecule has 6 N–H and O–H groups in total. The van der Waals surface area contributed by atoms with Crippen LogP contribution in [-0.4, -0.2) is 47.6 Å². The topological polar surface area (TPSA) is 122 Å². The number of aliphatic hydroxyl groups excluding tert-OH is 2. The van der Waals surface area contributed by atoms with Crippen molar-refractivity contribution in [1.29, 1.82) is 0 Å². The predicted molar refractivity (Wildman–Crippen MR) is 52.9 cm³/mol. The maximum Gasteiger partial charge on any atom is 0.327 e. The molecule has 0 unspecified atom stereocenters. The monoisotopic (exact) mass is 219 g/mol. The molecule has 0 saturated heterocycles. The van der Waals surface area contributed by atoms with Crippen LogP contribution in [0.25, 0.3) is 0 Å². The quantitative estimate of drug-likeness (QED) is 0.229. The number of hydrogen-bond acceptors (Lipinski definition) is 7. The number of ether oxygens (including phenoxy) is 1. The fraction of sp³-hybridized carbons (Fsp3) is 0.625. The zero-order valence-corrected chi connectivity index (χ0v) is 8.64. The molecule has 0 saturated carbocycles. The summed E-state index contributed by atoms with van der Waals surface area (Å²) in [5.74, 6) is 4.93. The van der Waals surface area contributed by atoms with Crippen molar-refractivity contribution in [3.8, 4) is 0 Å². The van der Waals surface area contributed by atoms with Gasteiger partial charge in [-0.25, -0.2) is 5.84 Å². The van der Waals surface area contributed by atoms with Crippen molar-refractivity contribution in [3.63, 3.8) is 0 Å². The Kier molecular flexibility index (Phi) is 6.43. The lowest BCUT2D eigenvalue weighted by molar-refractivity contribution is -0.144. The Hall–Kier alpha value is -1.31. The zero-order valence-electron chi connectivity index (χ0n) is 8.64. The number of carbonyl (C=O) groups excluding carboxylic acids is 1. The Morgan fingerprint density at radius 2 is 2.00 bits per heavy atom. The van der Waals surface area contributed by atoms with Crippen LogP contribution in [0.2, 0.25) is 0 Å². The summed E-state index contributed by atoms with van der Waals surface area (Å²) in [6.07, 6.45) is 0. The number of hydrogen-bond donors (Lipinski definition) is 4. The fourth-order valence-corrected chi connectivity index (χ4v) is 0.909. The smallest absolute Gasteiger partial charge is 0.327 e. The van der Waals surface area contributed by atoms with Crippen LogP contribution in [0.4, 0.5) is 0 Å². The summed E-state index contributed by atoms with van der Waals surface area (Å²) in [6.45, 7) is 0.795. The molecule has 0 aromatic heterocycles. The lowest BCUT2D eigenvalue weighted by Gasteiger charge is -2.21. The van der Waals surface area contributed by atoms with E-state index >= 15 is 0 Å². The van der Waals surface area contributed by atoms with Crippen molar-refractivity contribution < 1.29 is 19.7 Å². The van der Waals surface area contributed by atoms with Gasteiger partial charge in [0.1, 0.15) is 6.54 Å². The number of esters is 1. The second-order valence-corrected chi connectivity index (χ2v) is 2.72. The van der Waals surface area contributed by atoms with Crippen LogP contribution in [0.1, 0.15) is 6.92 Å². The van der Waals surface area contributed by atoms with E-state index in [-0.39, 0.29) is 24.5 Å². The molecule has 7 nitrogen and oxygen atoms in total. The highest BCUT2D eigenvalue weighted by atomic mass is 16.5. The number of nitrogens with two attached hydrogens (primary N) is 2. The molecular formula is C8H17N3O4. The summed E-state index contributed by atoms with van der Waals surface area (Å²) in [4.78, 5) is 11.0. The van der Waals surface area contributed by atoms with E-state index in [4.69, 9.17) is 21.8 Å². The molecule has 15 heavy (non-hydrogen) atoms. The molecule has 0 aromatic rings. The van der Waals surface area contributed by atoms with Gasteiger partial charge in [0.25, 0.3) is 0 Å². The third-order valence-electron chi connectivity index (χ3n) is 1.64. The lowest BCUT2D eigenvalue weighted by atomic mass is 10.3. The van der Waals surface area contributed by atoms with Crippen molar-refractivity contribution in [3.05, 3.63) is 11.4 Å². The van der Waals surface area contributed by atoms with Gasteiger partial charge < -0.3 is 20.7 Å². The summed E-state index contributed by atoms with van der Waals surface area (Å²) in [5, 5.41) is 18.6. The molecular weight excluding hydrogens is 202 g/mol. The van der Waals surface area contributed by atoms with Crippen LogP contribution in [0, 0.1) is 0 Å². The van der Waals surface area contributed by atoms with Crippen molar-refractivity contribution in [1.82, 2.24) is 5.01 Å². The minimum absolute atomic E-state index is 0.0179. The summed E-state index contributed by atoms with van der Waals surface area (Å²) in [6, 6.07) is 0. The summed E-state index contributed by atoms with van der Waals surface area (Å²) in [5.41, 5.74) is 5.49. The minimum Gasteiger partial charge on any atom is -0.465 e. The first-order valence-corrected chi connectivity index (χ1v) is 4.43. The molecule has 0 amide bonds. The number of hydrazine groups is 1. The average Bonchev–Trinajstić information content (AvgIpc) is 2.18. The van der Waals surface area contributed by atoms with Gasteiger partial charge in [-0.05, 0) is 6.92 Å². The van der Waals surface area contributed by atoms with E-state index in [1.165, 1.54) is 0 Å². The van der Waals surface area contributed by atoms with Crippen LogP contribution in [0.15, 0.2) is 11.4 Å². The Labute approximate surface area is 87.9 Å². The van der Waals surface area contributed by atoms with Crippen molar-refractivity contribution >= 4 is 5.97 Å². The molecule has 0 aliphatic rings. The summed E-state index contributed by atoms with van der Waals surface area (Å²) >= 11 is 0. The Morgan fingerprint density at radius 3 is 2.40 bits per heavy atom. The lowest BCUT2D eigenvalue weighted by Crippen LogP contribution is -2.39. The molecule has 0 aliphatic heterocycles. The molecule has 0 aliphatic carbocycles. The third kappa shape index (κ3) is 4.63. The van der Waals surface area contributed by atoms with Crippen molar-refractivity contribution in [2.24, 2.45) is 11.6 Å². The fourth-order valence-electron chi connectivity index (χ4n) is 0.909. The highest BCUT2D eigenvalue weighted by molar-refractivity contribution is 5.71. The maximum absolute atomic E-state index is 11.0. The first kappa shape index (κ1) is 13.7. The molecule has 0 aromatic carbocycles. The number of rotatable bonds is 6. The molecule has 7 heteroatoms. The van der Waals surface area contributed by atoms with Gasteiger partial charge in [0.15, 0.2) is 0 Å². The van der Waals surface area contributed by atoms with Gasteiger partial charge in [0.2, 0.25) is 0 Å². The van der Waals surface area contributed by atoms with Gasteiger partial charge in [-0.15, -0.1) is 0 Å². The van der Waals surface area contributed by atoms with Crippen LogP contribution < -0.4 is 11.6 Å². The van der Waals surface area contributed by atoms with Gasteiger partial charge in [0.05, 0.1) is 31.2 Å². The molecule has 0 atom stereocenters. The molecule has 88 valence electrons.